The van der Waals surface area contributed by atoms with E-state index in [0.29, 0.717) is 6.54 Å². The minimum absolute atomic E-state index is 0. The van der Waals surface area contributed by atoms with Crippen LogP contribution in [0.3, 0.4) is 0 Å². The molecule has 0 aromatic carbocycles. The number of aliphatic imine (C=N–C) groups is 1. The summed E-state index contributed by atoms with van der Waals surface area (Å²) in [7, 11) is 0. The van der Waals surface area contributed by atoms with E-state index in [-0.39, 0.29) is 24.0 Å². The van der Waals surface area contributed by atoms with Crippen LogP contribution in [0.2, 0.25) is 0 Å². The van der Waals surface area contributed by atoms with Crippen molar-refractivity contribution in [2.75, 3.05) is 13.1 Å². The third-order valence-electron chi connectivity index (χ3n) is 2.57. The Morgan fingerprint density at radius 1 is 1.37 bits per heavy atom. The third-order valence-corrected chi connectivity index (χ3v) is 2.57. The van der Waals surface area contributed by atoms with Crippen molar-refractivity contribution in [1.29, 1.82) is 0 Å². The van der Waals surface area contributed by atoms with Crippen LogP contribution in [0.1, 0.15) is 39.4 Å². The predicted molar refractivity (Wildman–Crippen MR) is 91.0 cm³/mol. The van der Waals surface area contributed by atoms with Crippen LogP contribution in [0.5, 0.6) is 0 Å². The molecule has 0 unspecified atom stereocenters. The van der Waals surface area contributed by atoms with Crippen LogP contribution in [-0.2, 0) is 6.54 Å². The highest BCUT2D eigenvalue weighted by Crippen LogP contribution is 2.02. The van der Waals surface area contributed by atoms with Gasteiger partial charge in [0.15, 0.2) is 5.96 Å². The lowest BCUT2D eigenvalue weighted by atomic mass is 10.1. The van der Waals surface area contributed by atoms with Crippen LogP contribution in [0.15, 0.2) is 27.8 Å². The molecule has 1 rings (SSSR count). The minimum atomic E-state index is 0. The fraction of sp³-hybridized carbons (Fsp3) is 0.643. The number of hydrogen-bond donors (Lipinski definition) is 2. The maximum atomic E-state index is 5.26. The molecule has 0 aliphatic heterocycles. The molecule has 1 aromatic rings. The van der Waals surface area contributed by atoms with Gasteiger partial charge in [-0.25, -0.2) is 4.99 Å². The van der Waals surface area contributed by atoms with E-state index in [1.165, 1.54) is 12.8 Å². The lowest BCUT2D eigenvalue weighted by Gasteiger charge is -2.11. The van der Waals surface area contributed by atoms with Gasteiger partial charge in [0.05, 0.1) is 6.26 Å². The maximum absolute atomic E-state index is 5.26. The first-order valence-corrected chi connectivity index (χ1v) is 6.77. The SMILES string of the molecule is CCNC(=NCc1ccco1)NCCCC(C)C.I. The van der Waals surface area contributed by atoms with E-state index >= 15 is 0 Å². The molecule has 1 aromatic heterocycles. The summed E-state index contributed by atoms with van der Waals surface area (Å²) in [5.41, 5.74) is 0. The quantitative estimate of drug-likeness (QED) is 0.331. The van der Waals surface area contributed by atoms with Gasteiger partial charge >= 0.3 is 0 Å². The topological polar surface area (TPSA) is 49.6 Å². The standard InChI is InChI=1S/C14H25N3O.HI/c1-4-15-14(16-9-5-7-12(2)3)17-11-13-8-6-10-18-13;/h6,8,10,12H,4-5,7,9,11H2,1-3H3,(H2,15,16,17);1H. The molecule has 0 fully saturated rings. The number of hydrogen-bond acceptors (Lipinski definition) is 2. The predicted octanol–water partition coefficient (Wildman–Crippen LogP) is 3.39. The first kappa shape index (κ1) is 18.3. The summed E-state index contributed by atoms with van der Waals surface area (Å²) >= 11 is 0. The van der Waals surface area contributed by atoms with E-state index in [1.807, 2.05) is 12.1 Å². The van der Waals surface area contributed by atoms with Crippen LogP contribution in [0, 0.1) is 5.92 Å². The van der Waals surface area contributed by atoms with Gasteiger partial charge in [-0.3, -0.25) is 0 Å². The largest absolute Gasteiger partial charge is 0.467 e. The van der Waals surface area contributed by atoms with Crippen molar-refractivity contribution in [3.05, 3.63) is 24.2 Å². The Morgan fingerprint density at radius 2 is 2.16 bits per heavy atom. The van der Waals surface area contributed by atoms with Gasteiger partial charge in [0.25, 0.3) is 0 Å². The van der Waals surface area contributed by atoms with Crippen molar-refractivity contribution in [2.45, 2.75) is 40.2 Å². The average Bonchev–Trinajstić information content (AvgIpc) is 2.84. The second-order valence-electron chi connectivity index (χ2n) is 4.74. The highest BCUT2D eigenvalue weighted by atomic mass is 127. The van der Waals surface area contributed by atoms with Gasteiger partial charge in [-0.2, -0.15) is 0 Å². The van der Waals surface area contributed by atoms with E-state index in [2.05, 4.69) is 36.4 Å². The number of furan rings is 1. The van der Waals surface area contributed by atoms with E-state index in [4.69, 9.17) is 4.42 Å². The molecule has 5 heteroatoms. The van der Waals surface area contributed by atoms with Crippen molar-refractivity contribution >= 4 is 29.9 Å². The highest BCUT2D eigenvalue weighted by Gasteiger charge is 1.99. The molecule has 19 heavy (non-hydrogen) atoms. The molecule has 0 aliphatic rings. The smallest absolute Gasteiger partial charge is 0.191 e. The summed E-state index contributed by atoms with van der Waals surface area (Å²) in [5.74, 6) is 2.50. The van der Waals surface area contributed by atoms with Gasteiger partial charge in [0, 0.05) is 13.1 Å². The zero-order valence-electron chi connectivity index (χ0n) is 12.1. The first-order chi connectivity index (χ1) is 8.72. The molecule has 110 valence electrons. The molecular formula is C14H26IN3O. The monoisotopic (exact) mass is 379 g/mol. The number of nitrogens with one attached hydrogen (secondary N) is 2. The fourth-order valence-electron chi connectivity index (χ4n) is 1.62. The van der Waals surface area contributed by atoms with Crippen molar-refractivity contribution in [3.8, 4) is 0 Å². The highest BCUT2D eigenvalue weighted by molar-refractivity contribution is 14.0. The van der Waals surface area contributed by atoms with E-state index in [1.54, 1.807) is 6.26 Å². The van der Waals surface area contributed by atoms with Crippen LogP contribution in [0.25, 0.3) is 0 Å². The van der Waals surface area contributed by atoms with Crippen LogP contribution >= 0.6 is 24.0 Å². The fourth-order valence-corrected chi connectivity index (χ4v) is 1.62. The molecule has 0 radical (unpaired) electrons. The lowest BCUT2D eigenvalue weighted by molar-refractivity contribution is 0.511. The third kappa shape index (κ3) is 8.91. The summed E-state index contributed by atoms with van der Waals surface area (Å²) in [4.78, 5) is 4.47. The average molecular weight is 379 g/mol. The van der Waals surface area contributed by atoms with Crippen molar-refractivity contribution in [3.63, 3.8) is 0 Å². The Morgan fingerprint density at radius 3 is 2.74 bits per heavy atom. The second-order valence-corrected chi connectivity index (χ2v) is 4.74. The van der Waals surface area contributed by atoms with Crippen LogP contribution in [-0.4, -0.2) is 19.0 Å². The Hall–Kier alpha value is -0.720. The van der Waals surface area contributed by atoms with E-state index < -0.39 is 0 Å². The maximum Gasteiger partial charge on any atom is 0.191 e. The molecule has 0 aliphatic carbocycles. The Kier molecular flexibility index (Phi) is 10.7. The van der Waals surface area contributed by atoms with Crippen LogP contribution < -0.4 is 10.6 Å². The summed E-state index contributed by atoms with van der Waals surface area (Å²) in [6.07, 6.45) is 4.08. The summed E-state index contributed by atoms with van der Waals surface area (Å²) < 4.78 is 5.26. The molecule has 0 atom stereocenters. The normalized spacial score (nSPS) is 11.3. The number of guanidine groups is 1. The molecular weight excluding hydrogens is 353 g/mol. The first-order valence-electron chi connectivity index (χ1n) is 6.77. The Bertz CT molecular complexity index is 336. The van der Waals surface area contributed by atoms with Crippen molar-refractivity contribution < 1.29 is 4.42 Å². The zero-order valence-corrected chi connectivity index (χ0v) is 14.4. The number of rotatable bonds is 7. The molecule has 0 amide bonds. The summed E-state index contributed by atoms with van der Waals surface area (Å²) in [5, 5.41) is 6.57. The van der Waals surface area contributed by atoms with Crippen molar-refractivity contribution in [2.24, 2.45) is 10.9 Å². The van der Waals surface area contributed by atoms with E-state index in [9.17, 15) is 0 Å². The summed E-state index contributed by atoms with van der Waals surface area (Å²) in [6.45, 7) is 8.97. The van der Waals surface area contributed by atoms with Gasteiger partial charge in [0.2, 0.25) is 0 Å². The molecule has 0 saturated heterocycles. The molecule has 4 nitrogen and oxygen atoms in total. The zero-order chi connectivity index (χ0) is 13.2. The number of nitrogens with zero attached hydrogens (tertiary/aromatic N) is 1. The molecule has 0 saturated carbocycles. The Balaban J connectivity index is 0.00000324. The van der Waals surface area contributed by atoms with Gasteiger partial charge in [-0.15, -0.1) is 24.0 Å². The molecule has 0 spiro atoms. The molecule has 1 heterocycles. The molecule has 2 N–H and O–H groups in total. The Labute approximate surface area is 133 Å². The van der Waals surface area contributed by atoms with Crippen molar-refractivity contribution in [1.82, 2.24) is 10.6 Å². The lowest BCUT2D eigenvalue weighted by Crippen LogP contribution is -2.37. The van der Waals surface area contributed by atoms with Gasteiger partial charge < -0.3 is 15.1 Å². The van der Waals surface area contributed by atoms with Gasteiger partial charge in [-0.1, -0.05) is 13.8 Å². The number of halogens is 1. The molecule has 0 bridgehead atoms. The summed E-state index contributed by atoms with van der Waals surface area (Å²) in [6, 6.07) is 3.82. The van der Waals surface area contributed by atoms with E-state index in [0.717, 1.165) is 30.7 Å². The minimum Gasteiger partial charge on any atom is -0.467 e. The van der Waals surface area contributed by atoms with Crippen LogP contribution in [0.4, 0.5) is 0 Å². The second kappa shape index (κ2) is 11.1. The van der Waals surface area contributed by atoms with Gasteiger partial charge in [-0.05, 0) is 37.8 Å². The van der Waals surface area contributed by atoms with Gasteiger partial charge in [0.1, 0.15) is 12.3 Å².